The second kappa shape index (κ2) is 19.0. The molecule has 1 N–H and O–H groups in total. The molecule has 0 bridgehead atoms. The number of ether oxygens (including phenoxy) is 5. The van der Waals surface area contributed by atoms with Gasteiger partial charge in [0.15, 0.2) is 11.5 Å². The lowest BCUT2D eigenvalue weighted by atomic mass is 9.87. The van der Waals surface area contributed by atoms with Crippen molar-refractivity contribution in [3.63, 3.8) is 0 Å². The number of anilines is 1. The number of Topliss-reactive ketones (excluding diaryl/α,β-unsaturated/α-hetero) is 1. The first-order chi connectivity index (χ1) is 25.0. The van der Waals surface area contributed by atoms with Gasteiger partial charge in [0.05, 0.1) is 26.1 Å². The normalized spacial score (nSPS) is 15.0. The Labute approximate surface area is 311 Å². The number of aryl methyl sites for hydroxylation is 1. The molecule has 1 aliphatic rings. The molecule has 13 heteroatoms. The summed E-state index contributed by atoms with van der Waals surface area (Å²) < 4.78 is 27.3. The van der Waals surface area contributed by atoms with Crippen molar-refractivity contribution in [1.29, 1.82) is 0 Å². The van der Waals surface area contributed by atoms with Crippen molar-refractivity contribution >= 4 is 41.2 Å². The van der Waals surface area contributed by atoms with Gasteiger partial charge in [0, 0.05) is 24.7 Å². The molecule has 2 atom stereocenters. The third-order valence-electron chi connectivity index (χ3n) is 8.51. The molecular formula is C40H52N2O11. The van der Waals surface area contributed by atoms with Gasteiger partial charge in [0.1, 0.15) is 24.4 Å². The van der Waals surface area contributed by atoms with Crippen molar-refractivity contribution in [2.75, 3.05) is 32.7 Å². The molecule has 0 aliphatic carbocycles. The van der Waals surface area contributed by atoms with Gasteiger partial charge in [-0.05, 0) is 102 Å². The van der Waals surface area contributed by atoms with E-state index in [9.17, 15) is 28.8 Å². The molecular weight excluding hydrogens is 684 g/mol. The van der Waals surface area contributed by atoms with E-state index >= 15 is 0 Å². The number of methoxy groups -OCH3 is 2. The van der Waals surface area contributed by atoms with Crippen molar-refractivity contribution in [3.05, 3.63) is 66.2 Å². The number of carbonyl (C=O) groups excluding carboxylic acids is 6. The van der Waals surface area contributed by atoms with Gasteiger partial charge in [0.2, 0.25) is 11.7 Å². The van der Waals surface area contributed by atoms with Crippen LogP contribution in [0.2, 0.25) is 0 Å². The van der Waals surface area contributed by atoms with Gasteiger partial charge in [-0.15, -0.1) is 0 Å². The summed E-state index contributed by atoms with van der Waals surface area (Å²) >= 11 is 0. The van der Waals surface area contributed by atoms with Crippen LogP contribution in [-0.2, 0) is 49.4 Å². The monoisotopic (exact) mass is 736 g/mol. The topological polar surface area (TPSA) is 164 Å². The van der Waals surface area contributed by atoms with Gasteiger partial charge < -0.3 is 33.9 Å². The Balaban J connectivity index is 1.84. The maximum atomic E-state index is 14.0. The second-order valence-electron chi connectivity index (χ2n) is 14.4. The highest BCUT2D eigenvalue weighted by Gasteiger charge is 2.42. The minimum Gasteiger partial charge on any atom is -0.493 e. The minimum atomic E-state index is -1.35. The fraction of sp³-hybridized carbons (Fsp3) is 0.500. The first kappa shape index (κ1) is 42.2. The number of amides is 2. The minimum absolute atomic E-state index is 0.0887. The third-order valence-corrected chi connectivity index (χ3v) is 8.51. The lowest BCUT2D eigenvalue weighted by Crippen LogP contribution is -2.53. The molecule has 0 unspecified atom stereocenters. The van der Waals surface area contributed by atoms with E-state index in [-0.39, 0.29) is 26.0 Å². The van der Waals surface area contributed by atoms with E-state index < -0.39 is 58.7 Å². The Morgan fingerprint density at radius 1 is 0.943 bits per heavy atom. The number of hydrogen-bond donors (Lipinski definition) is 1. The number of rotatable bonds is 17. The van der Waals surface area contributed by atoms with E-state index in [4.69, 9.17) is 23.7 Å². The molecule has 2 amide bonds. The molecule has 13 nitrogen and oxygen atoms in total. The van der Waals surface area contributed by atoms with Crippen LogP contribution in [0.3, 0.4) is 0 Å². The van der Waals surface area contributed by atoms with Crippen LogP contribution < -0.4 is 14.8 Å². The smallest absolute Gasteiger partial charge is 0.330 e. The van der Waals surface area contributed by atoms with Gasteiger partial charge >= 0.3 is 17.9 Å². The molecule has 288 valence electrons. The lowest BCUT2D eigenvalue weighted by Gasteiger charge is -2.36. The summed E-state index contributed by atoms with van der Waals surface area (Å²) in [6.45, 7) is 11.4. The van der Waals surface area contributed by atoms with Crippen LogP contribution in [0.1, 0.15) is 90.4 Å². The molecule has 0 aromatic heterocycles. The van der Waals surface area contributed by atoms with Crippen molar-refractivity contribution in [2.45, 2.75) is 97.3 Å². The van der Waals surface area contributed by atoms with Gasteiger partial charge in [-0.1, -0.05) is 24.8 Å². The third kappa shape index (κ3) is 12.8. The molecule has 0 spiro atoms. The molecule has 1 saturated heterocycles. The first-order valence-corrected chi connectivity index (χ1v) is 17.7. The molecule has 53 heavy (non-hydrogen) atoms. The second-order valence-corrected chi connectivity index (χ2v) is 14.4. The number of likely N-dealkylation sites (tertiary alicyclic amines) is 1. The maximum Gasteiger partial charge on any atom is 0.330 e. The van der Waals surface area contributed by atoms with Crippen LogP contribution in [0.5, 0.6) is 11.5 Å². The Morgan fingerprint density at radius 3 is 2.32 bits per heavy atom. The largest absolute Gasteiger partial charge is 0.493 e. The molecule has 2 aromatic carbocycles. The summed E-state index contributed by atoms with van der Waals surface area (Å²) in [5.41, 5.74) is -0.111. The zero-order chi connectivity index (χ0) is 39.3. The van der Waals surface area contributed by atoms with Gasteiger partial charge in [-0.3, -0.25) is 19.2 Å². The molecule has 2 aromatic rings. The Bertz CT molecular complexity index is 1660. The number of nitrogens with zero attached hydrogens (tertiary/aromatic N) is 1. The van der Waals surface area contributed by atoms with E-state index in [0.29, 0.717) is 54.9 Å². The predicted molar refractivity (Wildman–Crippen MR) is 196 cm³/mol. The van der Waals surface area contributed by atoms with Crippen LogP contribution in [-0.4, -0.2) is 79.4 Å². The number of nitrogens with one attached hydrogen (secondary N) is 1. The maximum absolute atomic E-state index is 14.0. The number of benzene rings is 2. The quantitative estimate of drug-likeness (QED) is 0.0919. The Kier molecular flexibility index (Phi) is 15.2. The average Bonchev–Trinajstić information content (AvgIpc) is 3.13. The molecule has 3 rings (SSSR count). The number of esters is 3. The summed E-state index contributed by atoms with van der Waals surface area (Å²) in [6.07, 6.45) is 2.26. The Hall–Kier alpha value is -5.20. The average molecular weight is 737 g/mol. The number of carbonyl (C=O) groups is 6. The van der Waals surface area contributed by atoms with Crippen molar-refractivity contribution in [3.8, 4) is 11.5 Å². The molecule has 1 aliphatic heterocycles. The summed E-state index contributed by atoms with van der Waals surface area (Å²) in [5, 5.41) is 2.80. The Morgan fingerprint density at radius 2 is 1.66 bits per heavy atom. The van der Waals surface area contributed by atoms with Crippen LogP contribution >= 0.6 is 0 Å². The zero-order valence-corrected chi connectivity index (χ0v) is 31.8. The SMILES string of the molecule is C=CC(=O)OCC(C)(C)C(=O)C(=O)N1CCCC[C@H]1C(=O)O[C@H](CCc1ccc(OC)c(OC)c1)c1cccc(NC(=O)CCC(=O)OC(C)(C)C)c1. The molecule has 1 fully saturated rings. The summed E-state index contributed by atoms with van der Waals surface area (Å²) in [7, 11) is 3.08. The van der Waals surface area contributed by atoms with Crippen LogP contribution in [0.15, 0.2) is 55.1 Å². The van der Waals surface area contributed by atoms with Crippen LogP contribution in [0.25, 0.3) is 0 Å². The van der Waals surface area contributed by atoms with Crippen molar-refractivity contribution in [1.82, 2.24) is 4.90 Å². The van der Waals surface area contributed by atoms with E-state index in [0.717, 1.165) is 11.6 Å². The highest BCUT2D eigenvalue weighted by molar-refractivity contribution is 6.38. The summed E-state index contributed by atoms with van der Waals surface area (Å²) in [4.78, 5) is 78.7. The molecule has 0 radical (unpaired) electrons. The first-order valence-electron chi connectivity index (χ1n) is 17.7. The van der Waals surface area contributed by atoms with E-state index in [1.807, 2.05) is 12.1 Å². The summed E-state index contributed by atoms with van der Waals surface area (Å²) in [5.74, 6) is -2.83. The standard InChI is InChI=1S/C40H52N2O11/c1-9-34(44)51-25-40(5,6)36(46)37(47)42-22-11-10-15-29(42)38(48)52-30(18-16-26-17-19-31(49-7)32(23-26)50-8)27-13-12-14-28(24-27)41-33(43)20-21-35(45)53-39(2,3)4/h9,12-14,17,19,23-24,29-30H,1,10-11,15-16,18,20-22,25H2,2-8H3,(H,41,43)/t29-,30+/m0/s1. The number of piperidine rings is 1. The van der Waals surface area contributed by atoms with E-state index in [1.165, 1.54) is 25.9 Å². The van der Waals surface area contributed by atoms with Gasteiger partial charge in [-0.25, -0.2) is 9.59 Å². The van der Waals surface area contributed by atoms with E-state index in [2.05, 4.69) is 11.9 Å². The highest BCUT2D eigenvalue weighted by Crippen LogP contribution is 2.32. The fourth-order valence-corrected chi connectivity index (χ4v) is 5.71. The number of hydrogen-bond acceptors (Lipinski definition) is 11. The van der Waals surface area contributed by atoms with E-state index in [1.54, 1.807) is 58.2 Å². The van der Waals surface area contributed by atoms with Crippen molar-refractivity contribution in [2.24, 2.45) is 5.41 Å². The van der Waals surface area contributed by atoms with Crippen LogP contribution in [0, 0.1) is 5.41 Å². The van der Waals surface area contributed by atoms with Gasteiger partial charge in [-0.2, -0.15) is 0 Å². The highest BCUT2D eigenvalue weighted by atomic mass is 16.6. The molecule has 0 saturated carbocycles. The summed E-state index contributed by atoms with van der Waals surface area (Å²) in [6, 6.07) is 11.3. The fourth-order valence-electron chi connectivity index (χ4n) is 5.71. The lowest BCUT2D eigenvalue weighted by molar-refractivity contribution is -0.165. The predicted octanol–water partition coefficient (Wildman–Crippen LogP) is 5.69. The van der Waals surface area contributed by atoms with Gasteiger partial charge in [0.25, 0.3) is 5.91 Å². The zero-order valence-electron chi connectivity index (χ0n) is 31.8. The molecule has 1 heterocycles. The van der Waals surface area contributed by atoms with Crippen LogP contribution in [0.4, 0.5) is 5.69 Å². The van der Waals surface area contributed by atoms with Crippen molar-refractivity contribution < 1.29 is 52.5 Å². The number of ketones is 1.